The van der Waals surface area contributed by atoms with Gasteiger partial charge in [-0.15, -0.1) is 0 Å². The largest absolute Gasteiger partial charge is 0.269 e. The van der Waals surface area contributed by atoms with E-state index in [1.807, 2.05) is 38.1 Å². The van der Waals surface area contributed by atoms with Crippen LogP contribution in [0.1, 0.15) is 24.5 Å². The fourth-order valence-corrected chi connectivity index (χ4v) is 1.98. The van der Waals surface area contributed by atoms with E-state index in [0.717, 1.165) is 28.0 Å². The predicted molar refractivity (Wildman–Crippen MR) is 58.6 cm³/mol. The smallest absolute Gasteiger partial charge is 0.260 e. The molecule has 3 rings (SSSR count). The Kier molecular flexibility index (Phi) is 1.44. The molecule has 0 spiro atoms. The van der Waals surface area contributed by atoms with Crippen molar-refractivity contribution >= 4 is 22.5 Å². The van der Waals surface area contributed by atoms with E-state index in [2.05, 4.69) is 4.98 Å². The summed E-state index contributed by atoms with van der Waals surface area (Å²) in [5.74, 6) is 0.843. The first-order valence-corrected chi connectivity index (χ1v) is 4.90. The molecule has 0 saturated carbocycles. The summed E-state index contributed by atoms with van der Waals surface area (Å²) in [4.78, 5) is 16.4. The molecule has 0 atom stereocenters. The average Bonchev–Trinajstić information content (AvgIpc) is 2.72. The summed E-state index contributed by atoms with van der Waals surface area (Å²) in [6, 6.07) is 7.71. The monoisotopic (exact) mass is 198 g/mol. The van der Waals surface area contributed by atoms with Crippen molar-refractivity contribution in [2.75, 3.05) is 0 Å². The molecule has 74 valence electrons. The van der Waals surface area contributed by atoms with Gasteiger partial charge in [-0.05, 0) is 26.0 Å². The second-order valence-electron chi connectivity index (χ2n) is 3.81. The summed E-state index contributed by atoms with van der Waals surface area (Å²) in [5.41, 5.74) is 3.56. The van der Waals surface area contributed by atoms with Crippen molar-refractivity contribution < 1.29 is 4.79 Å². The minimum absolute atomic E-state index is 0.0520. The first kappa shape index (κ1) is 8.41. The zero-order chi connectivity index (χ0) is 10.6. The first-order chi connectivity index (χ1) is 7.20. The Morgan fingerprint density at radius 2 is 1.87 bits per heavy atom. The molecule has 2 heterocycles. The highest BCUT2D eigenvalue weighted by molar-refractivity contribution is 6.11. The number of benzene rings is 1. The molecular formula is C12H10N2O. The van der Waals surface area contributed by atoms with E-state index in [9.17, 15) is 4.79 Å². The number of carbonyl (C=O) groups is 1. The number of para-hydroxylation sites is 2. The molecule has 0 unspecified atom stereocenters. The summed E-state index contributed by atoms with van der Waals surface area (Å²) in [6.07, 6.45) is 0. The summed E-state index contributed by atoms with van der Waals surface area (Å²) in [5, 5.41) is 0. The van der Waals surface area contributed by atoms with Gasteiger partial charge in [-0.1, -0.05) is 12.1 Å². The van der Waals surface area contributed by atoms with Gasteiger partial charge in [0, 0.05) is 11.1 Å². The Bertz CT molecular complexity index is 620. The van der Waals surface area contributed by atoms with Crippen molar-refractivity contribution in [3.63, 3.8) is 0 Å². The van der Waals surface area contributed by atoms with E-state index < -0.39 is 0 Å². The van der Waals surface area contributed by atoms with Crippen LogP contribution in [0.25, 0.3) is 16.6 Å². The lowest BCUT2D eigenvalue weighted by Crippen LogP contribution is -2.06. The van der Waals surface area contributed by atoms with Crippen LogP contribution >= 0.6 is 0 Å². The molecule has 3 nitrogen and oxygen atoms in total. The van der Waals surface area contributed by atoms with E-state index in [0.29, 0.717) is 0 Å². The lowest BCUT2D eigenvalue weighted by molar-refractivity contribution is 0.0966. The number of rotatable bonds is 0. The summed E-state index contributed by atoms with van der Waals surface area (Å²) >= 11 is 0. The highest BCUT2D eigenvalue weighted by Gasteiger charge is 2.27. The van der Waals surface area contributed by atoms with Gasteiger partial charge in [0.2, 0.25) is 0 Å². The molecule has 0 amide bonds. The molecule has 0 aliphatic carbocycles. The maximum Gasteiger partial charge on any atom is 0.260 e. The fraction of sp³-hybridized carbons (Fsp3) is 0.167. The van der Waals surface area contributed by atoms with Crippen LogP contribution in [0.5, 0.6) is 0 Å². The van der Waals surface area contributed by atoms with Crippen LogP contribution in [-0.4, -0.2) is 15.5 Å². The Hall–Kier alpha value is -1.90. The number of fused-ring (bicyclic) bond motifs is 3. The molecule has 1 aromatic heterocycles. The van der Waals surface area contributed by atoms with Gasteiger partial charge in [0.05, 0.1) is 11.0 Å². The number of hydrogen-bond acceptors (Lipinski definition) is 2. The number of nitrogens with zero attached hydrogens (tertiary/aromatic N) is 2. The molecule has 2 aromatic rings. The van der Waals surface area contributed by atoms with Crippen molar-refractivity contribution in [2.24, 2.45) is 0 Å². The molecular weight excluding hydrogens is 188 g/mol. The maximum atomic E-state index is 11.9. The quantitative estimate of drug-likeness (QED) is 0.651. The van der Waals surface area contributed by atoms with E-state index in [1.165, 1.54) is 0 Å². The summed E-state index contributed by atoms with van der Waals surface area (Å²) < 4.78 is 1.69. The van der Waals surface area contributed by atoms with Crippen molar-refractivity contribution in [3.8, 4) is 0 Å². The number of imidazole rings is 1. The first-order valence-electron chi connectivity index (χ1n) is 4.90. The van der Waals surface area contributed by atoms with Gasteiger partial charge in [-0.2, -0.15) is 0 Å². The van der Waals surface area contributed by atoms with Gasteiger partial charge in [-0.3, -0.25) is 9.36 Å². The van der Waals surface area contributed by atoms with E-state index >= 15 is 0 Å². The summed E-state index contributed by atoms with van der Waals surface area (Å²) in [6.45, 7) is 3.79. The second-order valence-corrected chi connectivity index (χ2v) is 3.81. The number of aromatic nitrogens is 2. The van der Waals surface area contributed by atoms with Crippen molar-refractivity contribution in [1.29, 1.82) is 0 Å². The summed E-state index contributed by atoms with van der Waals surface area (Å²) in [7, 11) is 0. The number of allylic oxidation sites excluding steroid dienone is 2. The van der Waals surface area contributed by atoms with Crippen molar-refractivity contribution in [3.05, 3.63) is 35.7 Å². The lowest BCUT2D eigenvalue weighted by Gasteiger charge is -1.97. The van der Waals surface area contributed by atoms with Gasteiger partial charge < -0.3 is 0 Å². The van der Waals surface area contributed by atoms with Crippen LogP contribution < -0.4 is 0 Å². The standard InChI is InChI=1S/C12H10N2O/c1-7-8(2)12(15)14-10-6-4-3-5-9(10)13-11(7)14/h3-6H,1-2H3. The molecule has 3 heteroatoms. The van der Waals surface area contributed by atoms with Crippen molar-refractivity contribution in [2.45, 2.75) is 13.8 Å². The van der Waals surface area contributed by atoms with Crippen LogP contribution in [0.4, 0.5) is 0 Å². The SMILES string of the molecule is CC1=C(C)c2nc3ccccc3n2C1=O. The van der Waals surface area contributed by atoms with Gasteiger partial charge in [0.1, 0.15) is 5.82 Å². The Morgan fingerprint density at radius 1 is 1.13 bits per heavy atom. The maximum absolute atomic E-state index is 11.9. The normalized spacial score (nSPS) is 15.2. The zero-order valence-corrected chi connectivity index (χ0v) is 8.61. The minimum Gasteiger partial charge on any atom is -0.269 e. The van der Waals surface area contributed by atoms with Crippen LogP contribution in [0.15, 0.2) is 29.8 Å². The van der Waals surface area contributed by atoms with Crippen LogP contribution in [0, 0.1) is 0 Å². The lowest BCUT2D eigenvalue weighted by atomic mass is 10.2. The predicted octanol–water partition coefficient (Wildman–Crippen LogP) is 2.48. The third-order valence-electron chi connectivity index (χ3n) is 2.98. The highest BCUT2D eigenvalue weighted by Crippen LogP contribution is 2.30. The molecule has 1 aliphatic rings. The van der Waals surface area contributed by atoms with Gasteiger partial charge in [0.15, 0.2) is 0 Å². The molecule has 0 saturated heterocycles. The fourth-order valence-electron chi connectivity index (χ4n) is 1.98. The van der Waals surface area contributed by atoms with Gasteiger partial charge >= 0.3 is 0 Å². The van der Waals surface area contributed by atoms with Crippen LogP contribution in [0.2, 0.25) is 0 Å². The molecule has 0 bridgehead atoms. The van der Waals surface area contributed by atoms with Gasteiger partial charge in [0.25, 0.3) is 5.91 Å². The molecule has 0 N–H and O–H groups in total. The average molecular weight is 198 g/mol. The second kappa shape index (κ2) is 2.57. The number of carbonyl (C=O) groups excluding carboxylic acids is 1. The van der Waals surface area contributed by atoms with Crippen LogP contribution in [0.3, 0.4) is 0 Å². The molecule has 1 aliphatic heterocycles. The Balaban J connectivity index is 2.47. The minimum atomic E-state index is 0.0520. The van der Waals surface area contributed by atoms with E-state index in [4.69, 9.17) is 0 Å². The zero-order valence-electron chi connectivity index (χ0n) is 8.61. The van der Waals surface area contributed by atoms with Crippen molar-refractivity contribution in [1.82, 2.24) is 9.55 Å². The Labute approximate surface area is 87.0 Å². The third-order valence-corrected chi connectivity index (χ3v) is 2.98. The van der Waals surface area contributed by atoms with Gasteiger partial charge in [-0.25, -0.2) is 4.98 Å². The highest BCUT2D eigenvalue weighted by atomic mass is 16.2. The molecule has 0 fully saturated rings. The van der Waals surface area contributed by atoms with E-state index in [-0.39, 0.29) is 5.91 Å². The molecule has 0 radical (unpaired) electrons. The molecule has 15 heavy (non-hydrogen) atoms. The van der Waals surface area contributed by atoms with E-state index in [1.54, 1.807) is 4.57 Å². The number of hydrogen-bond donors (Lipinski definition) is 0. The molecule has 1 aromatic carbocycles. The Morgan fingerprint density at radius 3 is 2.67 bits per heavy atom. The third kappa shape index (κ3) is 0.897. The van der Waals surface area contributed by atoms with Crippen LogP contribution in [-0.2, 0) is 0 Å². The topological polar surface area (TPSA) is 34.9 Å².